The van der Waals surface area contributed by atoms with Crippen LogP contribution >= 0.6 is 22.6 Å². The van der Waals surface area contributed by atoms with E-state index in [0.717, 1.165) is 14.9 Å². The third-order valence-corrected chi connectivity index (χ3v) is 3.29. The molecule has 0 atom stereocenters. The Balaban J connectivity index is 2.38. The van der Waals surface area contributed by atoms with Crippen molar-refractivity contribution < 1.29 is 4.74 Å². The van der Waals surface area contributed by atoms with E-state index in [2.05, 4.69) is 52.5 Å². The molecule has 1 aromatic heterocycles. The van der Waals surface area contributed by atoms with Crippen LogP contribution in [0.2, 0.25) is 0 Å². The van der Waals surface area contributed by atoms with Gasteiger partial charge in [-0.2, -0.15) is 4.98 Å². The van der Waals surface area contributed by atoms with Gasteiger partial charge in [-0.3, -0.25) is 0 Å². The second-order valence-corrected chi connectivity index (χ2v) is 5.66. The Morgan fingerprint density at radius 3 is 2.58 bits per heavy atom. The molecule has 2 rings (SSSR count). The minimum Gasteiger partial charge on any atom is -0.452 e. The molecular formula is C13H15IN4O. The number of hydrogen-bond acceptors (Lipinski definition) is 5. The normalized spacial score (nSPS) is 10.7. The molecule has 4 N–H and O–H groups in total. The number of aromatic nitrogens is 2. The molecule has 0 radical (unpaired) electrons. The number of benzene rings is 1. The van der Waals surface area contributed by atoms with E-state index < -0.39 is 0 Å². The number of hydrogen-bond donors (Lipinski definition) is 2. The summed E-state index contributed by atoms with van der Waals surface area (Å²) in [4.78, 5) is 7.77. The predicted molar refractivity (Wildman–Crippen MR) is 84.2 cm³/mol. The predicted octanol–water partition coefficient (Wildman–Crippen LogP) is 3.16. The smallest absolute Gasteiger partial charge is 0.222 e. The molecule has 1 heterocycles. The first kappa shape index (κ1) is 13.9. The molecule has 19 heavy (non-hydrogen) atoms. The lowest BCUT2D eigenvalue weighted by atomic mass is 10.0. The molecule has 0 unspecified atom stereocenters. The van der Waals surface area contributed by atoms with Crippen molar-refractivity contribution in [2.75, 3.05) is 11.5 Å². The van der Waals surface area contributed by atoms with E-state index in [9.17, 15) is 0 Å². The molecule has 0 aliphatic carbocycles. The Bertz CT molecular complexity index is 601. The molecule has 2 aromatic rings. The lowest BCUT2D eigenvalue weighted by Crippen LogP contribution is -2.02. The van der Waals surface area contributed by atoms with Crippen molar-refractivity contribution in [1.82, 2.24) is 9.97 Å². The van der Waals surface area contributed by atoms with Gasteiger partial charge in [0.1, 0.15) is 5.75 Å². The van der Waals surface area contributed by atoms with E-state index in [0.29, 0.717) is 11.7 Å². The van der Waals surface area contributed by atoms with Crippen LogP contribution in [-0.2, 0) is 0 Å². The second kappa shape index (κ2) is 5.60. The topological polar surface area (TPSA) is 87.0 Å². The Labute approximate surface area is 125 Å². The van der Waals surface area contributed by atoms with Crippen molar-refractivity contribution in [3.63, 3.8) is 0 Å². The molecule has 0 spiro atoms. The maximum Gasteiger partial charge on any atom is 0.222 e. The second-order valence-electron chi connectivity index (χ2n) is 4.42. The van der Waals surface area contributed by atoms with Crippen LogP contribution in [0.1, 0.15) is 25.3 Å². The summed E-state index contributed by atoms with van der Waals surface area (Å²) in [7, 11) is 0. The summed E-state index contributed by atoms with van der Waals surface area (Å²) < 4.78 is 6.96. The Hall–Kier alpha value is -1.57. The average molecular weight is 370 g/mol. The van der Waals surface area contributed by atoms with Crippen LogP contribution in [0.15, 0.2) is 24.4 Å². The Kier molecular flexibility index (Phi) is 4.08. The molecule has 1 aromatic carbocycles. The first-order valence-corrected chi connectivity index (χ1v) is 6.90. The van der Waals surface area contributed by atoms with Crippen LogP contribution in [-0.4, -0.2) is 9.97 Å². The SMILES string of the molecule is CC(C)c1cc(I)ccc1Oc1cnc(N)nc1N. The monoisotopic (exact) mass is 370 g/mol. The van der Waals surface area contributed by atoms with Crippen molar-refractivity contribution in [3.8, 4) is 11.5 Å². The zero-order valence-electron chi connectivity index (χ0n) is 10.7. The highest BCUT2D eigenvalue weighted by Gasteiger charge is 2.12. The van der Waals surface area contributed by atoms with Crippen molar-refractivity contribution in [1.29, 1.82) is 0 Å². The molecule has 5 nitrogen and oxygen atoms in total. The van der Waals surface area contributed by atoms with Gasteiger partial charge in [-0.15, -0.1) is 0 Å². The van der Waals surface area contributed by atoms with Gasteiger partial charge in [0.2, 0.25) is 5.95 Å². The Morgan fingerprint density at radius 1 is 1.21 bits per heavy atom. The molecule has 0 saturated heterocycles. The minimum absolute atomic E-state index is 0.136. The largest absolute Gasteiger partial charge is 0.452 e. The highest BCUT2D eigenvalue weighted by atomic mass is 127. The number of nitrogens with two attached hydrogens (primary N) is 2. The van der Waals surface area contributed by atoms with Gasteiger partial charge < -0.3 is 16.2 Å². The summed E-state index contributed by atoms with van der Waals surface area (Å²) in [6.07, 6.45) is 1.49. The van der Waals surface area contributed by atoms with Crippen molar-refractivity contribution in [3.05, 3.63) is 33.5 Å². The molecule has 0 aliphatic heterocycles. The molecule has 0 bridgehead atoms. The Morgan fingerprint density at radius 2 is 1.95 bits per heavy atom. The van der Waals surface area contributed by atoms with Crippen LogP contribution in [0, 0.1) is 3.57 Å². The number of halogens is 1. The third kappa shape index (κ3) is 3.25. The van der Waals surface area contributed by atoms with Crippen LogP contribution in [0.4, 0.5) is 11.8 Å². The quantitative estimate of drug-likeness (QED) is 0.811. The maximum absolute atomic E-state index is 5.80. The van der Waals surface area contributed by atoms with Gasteiger partial charge in [-0.25, -0.2) is 4.98 Å². The number of ether oxygens (including phenoxy) is 1. The van der Waals surface area contributed by atoms with Crippen molar-refractivity contribution in [2.24, 2.45) is 0 Å². The van der Waals surface area contributed by atoms with Crippen LogP contribution in [0.3, 0.4) is 0 Å². The molecule has 100 valence electrons. The number of nitrogen functional groups attached to an aromatic ring is 2. The summed E-state index contributed by atoms with van der Waals surface area (Å²) in [6.45, 7) is 4.22. The average Bonchev–Trinajstić information content (AvgIpc) is 2.34. The fourth-order valence-corrected chi connectivity index (χ4v) is 2.17. The fraction of sp³-hybridized carbons (Fsp3) is 0.231. The number of anilines is 2. The van der Waals surface area contributed by atoms with Gasteiger partial charge in [0, 0.05) is 3.57 Å². The maximum atomic E-state index is 5.80. The summed E-state index contributed by atoms with van der Waals surface area (Å²) in [5.74, 6) is 1.89. The van der Waals surface area contributed by atoms with Crippen molar-refractivity contribution in [2.45, 2.75) is 19.8 Å². The zero-order chi connectivity index (χ0) is 14.0. The number of rotatable bonds is 3. The lowest BCUT2D eigenvalue weighted by molar-refractivity contribution is 0.471. The fourth-order valence-electron chi connectivity index (χ4n) is 1.66. The standard InChI is InChI=1S/C13H15IN4O/c1-7(2)9-5-8(14)3-4-10(9)19-11-6-17-13(16)18-12(11)15/h3-7H,1-2H3,(H4,15,16,17,18). The summed E-state index contributed by atoms with van der Waals surface area (Å²) in [5.41, 5.74) is 12.3. The molecule has 0 aliphatic rings. The molecular weight excluding hydrogens is 355 g/mol. The molecule has 6 heteroatoms. The van der Waals surface area contributed by atoms with Crippen molar-refractivity contribution >= 4 is 34.4 Å². The highest BCUT2D eigenvalue weighted by Crippen LogP contribution is 2.33. The van der Waals surface area contributed by atoms with Gasteiger partial charge in [0.05, 0.1) is 6.20 Å². The van der Waals surface area contributed by atoms with Crippen LogP contribution < -0.4 is 16.2 Å². The summed E-state index contributed by atoms with van der Waals surface area (Å²) in [5, 5.41) is 0. The van der Waals surface area contributed by atoms with E-state index in [-0.39, 0.29) is 11.8 Å². The lowest BCUT2D eigenvalue weighted by Gasteiger charge is -2.14. The van der Waals surface area contributed by atoms with Crippen LogP contribution in [0.5, 0.6) is 11.5 Å². The van der Waals surface area contributed by atoms with Gasteiger partial charge in [0.25, 0.3) is 0 Å². The molecule has 0 fully saturated rings. The third-order valence-electron chi connectivity index (χ3n) is 2.62. The van der Waals surface area contributed by atoms with Gasteiger partial charge in [-0.1, -0.05) is 13.8 Å². The minimum atomic E-state index is 0.136. The molecule has 0 amide bonds. The van der Waals surface area contributed by atoms with E-state index in [1.54, 1.807) is 0 Å². The van der Waals surface area contributed by atoms with Crippen LogP contribution in [0.25, 0.3) is 0 Å². The van der Waals surface area contributed by atoms with Gasteiger partial charge >= 0.3 is 0 Å². The van der Waals surface area contributed by atoms with Gasteiger partial charge in [-0.05, 0) is 52.3 Å². The summed E-state index contributed by atoms with van der Waals surface area (Å²) in [6, 6.07) is 6.00. The first-order chi connectivity index (χ1) is 8.97. The number of nitrogens with zero attached hydrogens (tertiary/aromatic N) is 2. The van der Waals surface area contributed by atoms with E-state index in [1.807, 2.05) is 12.1 Å². The highest BCUT2D eigenvalue weighted by molar-refractivity contribution is 14.1. The summed E-state index contributed by atoms with van der Waals surface area (Å²) >= 11 is 2.28. The first-order valence-electron chi connectivity index (χ1n) is 5.82. The van der Waals surface area contributed by atoms with Gasteiger partial charge in [0.15, 0.2) is 11.6 Å². The molecule has 0 saturated carbocycles. The van der Waals surface area contributed by atoms with E-state index in [1.165, 1.54) is 6.20 Å². The van der Waals surface area contributed by atoms with E-state index in [4.69, 9.17) is 16.2 Å². The zero-order valence-corrected chi connectivity index (χ0v) is 12.9. The van der Waals surface area contributed by atoms with E-state index >= 15 is 0 Å².